The quantitative estimate of drug-likeness (QED) is 0.0651. The van der Waals surface area contributed by atoms with E-state index in [0.29, 0.717) is 28.4 Å². The highest BCUT2D eigenvalue weighted by molar-refractivity contribution is 6.51. The molecule has 15 nitrogen and oxygen atoms in total. The number of fused-ring (bicyclic) bond motifs is 8. The molecule has 340 valence electrons. The molecule has 9 N–H and O–H groups in total. The Bertz CT molecular complexity index is 2960. The maximum Gasteiger partial charge on any atom is 0.296 e. The molecule has 0 unspecified atom stereocenters. The van der Waals surface area contributed by atoms with E-state index in [1.54, 1.807) is 44.6 Å². The predicted molar refractivity (Wildman–Crippen MR) is 266 cm³/mol. The zero-order chi connectivity index (χ0) is 47.4. The Morgan fingerprint density at radius 3 is 1.64 bits per heavy atom. The van der Waals surface area contributed by atoms with Gasteiger partial charge in [0.2, 0.25) is 5.66 Å². The summed E-state index contributed by atoms with van der Waals surface area (Å²) in [5.41, 5.74) is 20.0. The van der Waals surface area contributed by atoms with Crippen molar-refractivity contribution in [2.45, 2.75) is 46.2 Å². The third kappa shape index (κ3) is 10.2. The minimum absolute atomic E-state index is 0.114. The van der Waals surface area contributed by atoms with Crippen LogP contribution in [0.1, 0.15) is 56.5 Å². The molecule has 2 aromatic heterocycles. The lowest BCUT2D eigenvalue weighted by Gasteiger charge is -2.23. The van der Waals surface area contributed by atoms with Gasteiger partial charge in [0.25, 0.3) is 17.6 Å². The van der Waals surface area contributed by atoms with Gasteiger partial charge in [0.05, 0.1) is 66.4 Å². The molecule has 0 aliphatic carbocycles. The molecule has 0 fully saturated rings. The predicted octanol–water partition coefficient (Wildman–Crippen LogP) is 10.1. The summed E-state index contributed by atoms with van der Waals surface area (Å²) < 4.78 is 15.5. The van der Waals surface area contributed by atoms with Gasteiger partial charge in [0, 0.05) is 22.2 Å². The van der Waals surface area contributed by atoms with Gasteiger partial charge in [-0.3, -0.25) is 14.4 Å². The molecule has 5 heterocycles. The summed E-state index contributed by atoms with van der Waals surface area (Å²) in [4.78, 5) is 47.2. The Labute approximate surface area is 383 Å². The van der Waals surface area contributed by atoms with E-state index in [0.717, 1.165) is 67.2 Å². The zero-order valence-electron chi connectivity index (χ0n) is 38.0. The molecule has 8 aromatic rings. The van der Waals surface area contributed by atoms with Crippen LogP contribution >= 0.6 is 0 Å². The number of rotatable bonds is 3. The van der Waals surface area contributed by atoms with Crippen molar-refractivity contribution in [1.29, 1.82) is 0 Å². The maximum absolute atomic E-state index is 12.4. The van der Waals surface area contributed by atoms with Gasteiger partial charge in [-0.1, -0.05) is 76.9 Å². The van der Waals surface area contributed by atoms with Gasteiger partial charge in [-0.2, -0.15) is 0 Å². The van der Waals surface area contributed by atoms with E-state index < -0.39 is 17.4 Å². The third-order valence-corrected chi connectivity index (χ3v) is 10.0. The Kier molecular flexibility index (Phi) is 15.3. The second kappa shape index (κ2) is 21.4. The van der Waals surface area contributed by atoms with Gasteiger partial charge in [0.15, 0.2) is 5.65 Å². The molecular weight excluding hydrogens is 835 g/mol. The summed E-state index contributed by atoms with van der Waals surface area (Å²) >= 11 is 0. The number of ketones is 1. The maximum atomic E-state index is 12.4. The van der Waals surface area contributed by atoms with E-state index in [9.17, 15) is 14.4 Å². The molecule has 0 bridgehead atoms. The minimum Gasteiger partial charge on any atom is -0.497 e. The van der Waals surface area contributed by atoms with Crippen LogP contribution in [-0.4, -0.2) is 53.9 Å². The smallest absolute Gasteiger partial charge is 0.296 e. The van der Waals surface area contributed by atoms with Gasteiger partial charge >= 0.3 is 0 Å². The van der Waals surface area contributed by atoms with Crippen molar-refractivity contribution < 1.29 is 28.6 Å². The zero-order valence-corrected chi connectivity index (χ0v) is 38.0. The first-order valence-corrected chi connectivity index (χ1v) is 21.4. The molecule has 3 aliphatic heterocycles. The first-order chi connectivity index (χ1) is 31.9. The number of ether oxygens (including phenoxy) is 3. The van der Waals surface area contributed by atoms with E-state index >= 15 is 0 Å². The van der Waals surface area contributed by atoms with Crippen LogP contribution in [0.25, 0.3) is 33.1 Å². The van der Waals surface area contributed by atoms with Gasteiger partial charge < -0.3 is 51.9 Å². The number of nitrogens with two attached hydrogens (primary N) is 2. The average molecular weight is 890 g/mol. The van der Waals surface area contributed by atoms with Crippen LogP contribution in [0.4, 0.5) is 34.1 Å². The lowest BCUT2D eigenvalue weighted by Crippen LogP contribution is -2.45. The number of carbonyl (C=O) groups is 3. The number of methoxy groups -OCH3 is 3. The van der Waals surface area contributed by atoms with Crippen molar-refractivity contribution in [2.75, 3.05) is 54.1 Å². The summed E-state index contributed by atoms with van der Waals surface area (Å²) in [6, 6.07) is 39.3. The first kappa shape index (κ1) is 47.2. The number of benzene rings is 6. The Morgan fingerprint density at radius 2 is 1.06 bits per heavy atom. The van der Waals surface area contributed by atoms with Crippen molar-refractivity contribution >= 4 is 84.8 Å². The second-order valence-corrected chi connectivity index (χ2v) is 15.1. The lowest BCUT2D eigenvalue weighted by molar-refractivity contribution is -0.119. The highest BCUT2D eigenvalue weighted by Crippen LogP contribution is 2.46. The standard InChI is InChI=1S/C15H13N3O2.C15H11N3O.C9H7NO3.C6H8N2.2C3H8/c1-20-9-6-7-11-10(8-9)15(14(19)16-11)17-12-4-2-3-5-13(12)18-15;1-19-9-6-7-11-10(8-9)14-15(17-11)18-13-5-3-2-4-12(13)16-14;1-13-5-2-3-7-6(4-5)8(11)9(12)10-7;7-5-3-1-2-4-6(5)8;2*1-3-2/h2-8,17-18H,1H3,(H,16,19);2-8H,1H3,(H,17,18);2-4H,1H3,(H,10,11,12);1-4H,7-8H2;2*3H2,1-2H3. The molecule has 3 aliphatic rings. The van der Waals surface area contributed by atoms with Crippen LogP contribution in [0.2, 0.25) is 0 Å². The molecule has 0 atom stereocenters. The Morgan fingerprint density at radius 1 is 0.561 bits per heavy atom. The lowest BCUT2D eigenvalue weighted by atomic mass is 10.0. The molecule has 1 spiro atoms. The second-order valence-electron chi connectivity index (χ2n) is 15.1. The fourth-order valence-corrected chi connectivity index (χ4v) is 6.91. The number of nitrogen functional groups attached to an aromatic ring is 2. The Balaban J connectivity index is 0.000000145. The molecule has 0 saturated carbocycles. The third-order valence-electron chi connectivity index (χ3n) is 10.0. The molecule has 0 saturated heterocycles. The SMILES string of the molecule is CCC.CCC.COc1ccc2[nH]c3nc4ccccc4nc3c2c1.COc1ccc2c(c1)C(=O)C(=O)N2.COc1ccc2c(c1)C1(Nc3ccccc3N1)C(=O)N2.Nc1ccccc1N. The molecule has 15 heteroatoms. The molecule has 2 amide bonds. The number of anilines is 6. The summed E-state index contributed by atoms with van der Waals surface area (Å²) in [6.45, 7) is 8.50. The van der Waals surface area contributed by atoms with E-state index in [1.807, 2.05) is 97.1 Å². The number of nitrogens with zero attached hydrogens (tertiary/aromatic N) is 2. The number of aromatic amines is 1. The van der Waals surface area contributed by atoms with Crippen LogP contribution in [0.5, 0.6) is 17.2 Å². The summed E-state index contributed by atoms with van der Waals surface area (Å²) in [5, 5.41) is 13.0. The number of carbonyl (C=O) groups excluding carboxylic acids is 3. The number of hydrogen-bond donors (Lipinski definition) is 7. The number of H-pyrrole nitrogens is 1. The highest BCUT2D eigenvalue weighted by atomic mass is 16.5. The summed E-state index contributed by atoms with van der Waals surface area (Å²) in [6.07, 6.45) is 2.50. The van der Waals surface area contributed by atoms with E-state index in [1.165, 1.54) is 20.0 Å². The van der Waals surface area contributed by atoms with Crippen LogP contribution in [-0.2, 0) is 15.3 Å². The number of hydrogen-bond acceptors (Lipinski definition) is 12. The minimum atomic E-state index is -0.951. The van der Waals surface area contributed by atoms with Crippen LogP contribution in [0, 0.1) is 0 Å². The fourth-order valence-electron chi connectivity index (χ4n) is 6.91. The largest absolute Gasteiger partial charge is 0.497 e. The highest BCUT2D eigenvalue weighted by Gasteiger charge is 2.51. The monoisotopic (exact) mass is 889 g/mol. The van der Waals surface area contributed by atoms with Crippen molar-refractivity contribution in [3.8, 4) is 17.2 Å². The van der Waals surface area contributed by atoms with Crippen molar-refractivity contribution in [1.82, 2.24) is 15.0 Å². The Hall–Kier alpha value is -8.33. The van der Waals surface area contributed by atoms with E-state index in [2.05, 4.69) is 58.9 Å². The van der Waals surface area contributed by atoms with Crippen LogP contribution in [0.3, 0.4) is 0 Å². The van der Waals surface area contributed by atoms with Gasteiger partial charge in [0.1, 0.15) is 22.8 Å². The summed E-state index contributed by atoms with van der Waals surface area (Å²) in [7, 11) is 4.79. The number of amides is 2. The summed E-state index contributed by atoms with van der Waals surface area (Å²) in [5.74, 6) is 0.917. The van der Waals surface area contributed by atoms with Crippen molar-refractivity contribution in [3.63, 3.8) is 0 Å². The van der Waals surface area contributed by atoms with Gasteiger partial charge in [-0.25, -0.2) is 9.97 Å². The average Bonchev–Trinajstić information content (AvgIpc) is 4.06. The van der Waals surface area contributed by atoms with E-state index in [4.69, 9.17) is 30.7 Å². The van der Waals surface area contributed by atoms with Crippen LogP contribution < -0.4 is 46.9 Å². The van der Waals surface area contributed by atoms with Crippen LogP contribution in [0.15, 0.2) is 127 Å². The van der Waals surface area contributed by atoms with Crippen molar-refractivity contribution in [3.05, 3.63) is 139 Å². The molecule has 66 heavy (non-hydrogen) atoms. The number of nitrogens with one attached hydrogen (secondary N) is 5. The number of Topliss-reactive ketones (excluding diaryl/α,β-unsaturated/α-hetero) is 1. The number of para-hydroxylation sites is 6. The normalized spacial score (nSPS) is 12.8. The molecule has 11 rings (SSSR count). The van der Waals surface area contributed by atoms with Gasteiger partial charge in [-0.05, 0) is 91.0 Å². The van der Waals surface area contributed by atoms with E-state index in [-0.39, 0.29) is 5.91 Å². The topological polar surface area (TPSA) is 221 Å². The first-order valence-electron chi connectivity index (χ1n) is 21.4. The molecule has 0 radical (unpaired) electrons. The van der Waals surface area contributed by atoms with Gasteiger partial charge in [-0.15, -0.1) is 0 Å². The molecule has 6 aromatic carbocycles. The fraction of sp³-hybridized carbons (Fsp3) is 0.196. The number of aromatic nitrogens is 3. The van der Waals surface area contributed by atoms with Crippen molar-refractivity contribution in [2.24, 2.45) is 0 Å². The molecular formula is C51H55N9O6.